The molecule has 0 bridgehead atoms. The van der Waals surface area contributed by atoms with Crippen molar-refractivity contribution >= 4 is 33.1 Å². The lowest BCUT2D eigenvalue weighted by atomic mass is 9.99. The van der Waals surface area contributed by atoms with Gasteiger partial charge in [-0.3, -0.25) is 9.69 Å². The number of para-hydroxylation sites is 1. The van der Waals surface area contributed by atoms with E-state index in [1.165, 1.54) is 30.4 Å². The molecule has 128 valence electrons. The minimum Gasteiger partial charge on any atom is -0.389 e. The predicted octanol–water partition coefficient (Wildman–Crippen LogP) is 3.99. The first-order valence-electron chi connectivity index (χ1n) is 7.75. The molecule has 3 aromatic rings. The Bertz CT molecular complexity index is 951. The number of hydrogen-bond acceptors (Lipinski definition) is 4. The van der Waals surface area contributed by atoms with Crippen LogP contribution in [-0.4, -0.2) is 16.0 Å². The molecule has 0 unspecified atom stereocenters. The molecule has 2 aromatic carbocycles. The van der Waals surface area contributed by atoms with Crippen LogP contribution in [-0.2, 0) is 17.3 Å². The summed E-state index contributed by atoms with van der Waals surface area (Å²) in [5, 5.41) is 10.4. The second kappa shape index (κ2) is 5.57. The van der Waals surface area contributed by atoms with E-state index in [1.807, 2.05) is 24.3 Å². The van der Waals surface area contributed by atoms with Gasteiger partial charge in [0, 0.05) is 0 Å². The van der Waals surface area contributed by atoms with Gasteiger partial charge < -0.3 is 5.11 Å². The number of rotatable bonds is 3. The van der Waals surface area contributed by atoms with E-state index in [0.29, 0.717) is 5.01 Å². The van der Waals surface area contributed by atoms with Crippen molar-refractivity contribution in [2.45, 2.75) is 25.5 Å². The smallest absolute Gasteiger partial charge is 0.352 e. The summed E-state index contributed by atoms with van der Waals surface area (Å²) in [6.07, 6.45) is -1.09. The van der Waals surface area contributed by atoms with Gasteiger partial charge in [-0.25, -0.2) is 4.98 Å². The zero-order chi connectivity index (χ0) is 17.8. The van der Waals surface area contributed by atoms with Gasteiger partial charge in [-0.05, 0) is 30.7 Å². The molecule has 0 fully saturated rings. The zero-order valence-electron chi connectivity index (χ0n) is 13.2. The molecular weight excluding hydrogens is 346 g/mol. The third-order valence-corrected chi connectivity index (χ3v) is 5.30. The lowest BCUT2D eigenvalue weighted by Crippen LogP contribution is -2.34. The van der Waals surface area contributed by atoms with Crippen molar-refractivity contribution in [2.24, 2.45) is 0 Å². The summed E-state index contributed by atoms with van der Waals surface area (Å²) in [4.78, 5) is 17.8. The maximum absolute atomic E-state index is 14.6. The maximum Gasteiger partial charge on any atom is 0.352 e. The van der Waals surface area contributed by atoms with Gasteiger partial charge >= 0.3 is 11.8 Å². The summed E-state index contributed by atoms with van der Waals surface area (Å²) in [6, 6.07) is 11.9. The standard InChI is InChI=1S/C18H14F2N2O2S/c1-10(23)11-5-4-7-13-16(11)18(19,20)17(24)22(13)9-15-21-12-6-2-3-8-14(12)25-15/h2-8,10,23H,9H2,1H3/t10-/m0/s1. The topological polar surface area (TPSA) is 53.4 Å². The van der Waals surface area contributed by atoms with Crippen LogP contribution in [0.15, 0.2) is 42.5 Å². The first-order chi connectivity index (χ1) is 11.9. The molecule has 2 heterocycles. The molecule has 1 N–H and O–H groups in total. The first-order valence-corrected chi connectivity index (χ1v) is 8.57. The molecule has 25 heavy (non-hydrogen) atoms. The van der Waals surface area contributed by atoms with Crippen LogP contribution in [0.1, 0.15) is 29.2 Å². The number of nitrogens with zero attached hydrogens (tertiary/aromatic N) is 2. The van der Waals surface area contributed by atoms with E-state index < -0.39 is 23.5 Å². The number of carbonyl (C=O) groups excluding carboxylic acids is 1. The van der Waals surface area contributed by atoms with Crippen molar-refractivity contribution in [3.05, 3.63) is 58.6 Å². The Morgan fingerprint density at radius 2 is 2.00 bits per heavy atom. The maximum atomic E-state index is 14.6. The Morgan fingerprint density at radius 3 is 2.72 bits per heavy atom. The number of carbonyl (C=O) groups is 1. The van der Waals surface area contributed by atoms with Crippen molar-refractivity contribution in [3.63, 3.8) is 0 Å². The van der Waals surface area contributed by atoms with Gasteiger partial charge in [0.2, 0.25) is 0 Å². The third-order valence-electron chi connectivity index (χ3n) is 4.27. The summed E-state index contributed by atoms with van der Waals surface area (Å²) >= 11 is 1.37. The molecule has 1 amide bonds. The second-order valence-corrected chi connectivity index (χ2v) is 7.07. The van der Waals surface area contributed by atoms with E-state index in [4.69, 9.17) is 0 Å². The molecule has 7 heteroatoms. The average molecular weight is 360 g/mol. The number of amides is 1. The van der Waals surface area contributed by atoms with E-state index in [-0.39, 0.29) is 17.8 Å². The van der Waals surface area contributed by atoms with Crippen LogP contribution >= 0.6 is 11.3 Å². The number of aliphatic hydroxyl groups excluding tert-OH is 1. The fourth-order valence-electron chi connectivity index (χ4n) is 3.14. The van der Waals surface area contributed by atoms with Gasteiger partial charge in [0.1, 0.15) is 5.01 Å². The van der Waals surface area contributed by atoms with E-state index in [9.17, 15) is 18.7 Å². The van der Waals surface area contributed by atoms with Crippen LogP contribution in [0.4, 0.5) is 14.5 Å². The van der Waals surface area contributed by atoms with Crippen molar-refractivity contribution in [1.29, 1.82) is 0 Å². The monoisotopic (exact) mass is 360 g/mol. The number of aliphatic hydroxyl groups is 1. The van der Waals surface area contributed by atoms with Gasteiger partial charge in [-0.2, -0.15) is 8.78 Å². The Hall–Kier alpha value is -2.38. The minimum atomic E-state index is -3.65. The van der Waals surface area contributed by atoms with Crippen LogP contribution in [0, 0.1) is 0 Å². The molecule has 1 atom stereocenters. The average Bonchev–Trinajstić information content (AvgIpc) is 3.07. The molecule has 0 saturated carbocycles. The van der Waals surface area contributed by atoms with Gasteiger partial charge in [0.25, 0.3) is 0 Å². The largest absolute Gasteiger partial charge is 0.389 e. The number of alkyl halides is 2. The number of hydrogen-bond donors (Lipinski definition) is 1. The number of aromatic nitrogens is 1. The summed E-state index contributed by atoms with van der Waals surface area (Å²) in [5.41, 5.74) is 0.574. The molecular formula is C18H14F2N2O2S. The quantitative estimate of drug-likeness (QED) is 0.768. The molecule has 1 aromatic heterocycles. The van der Waals surface area contributed by atoms with E-state index >= 15 is 0 Å². The molecule has 4 nitrogen and oxygen atoms in total. The molecule has 1 aliphatic heterocycles. The van der Waals surface area contributed by atoms with Crippen molar-refractivity contribution in [1.82, 2.24) is 4.98 Å². The Balaban J connectivity index is 1.79. The number of fused-ring (bicyclic) bond motifs is 2. The molecule has 0 radical (unpaired) electrons. The Kier molecular flexibility index (Phi) is 3.59. The summed E-state index contributed by atoms with van der Waals surface area (Å²) < 4.78 is 30.1. The Morgan fingerprint density at radius 1 is 1.24 bits per heavy atom. The van der Waals surface area contributed by atoms with Crippen LogP contribution in [0.5, 0.6) is 0 Å². The van der Waals surface area contributed by atoms with E-state index in [1.54, 1.807) is 6.07 Å². The normalized spacial score (nSPS) is 17.1. The number of thiazole rings is 1. The van der Waals surface area contributed by atoms with Gasteiger partial charge in [-0.1, -0.05) is 24.3 Å². The van der Waals surface area contributed by atoms with Gasteiger partial charge in [0.05, 0.1) is 34.1 Å². The highest BCUT2D eigenvalue weighted by atomic mass is 32.1. The van der Waals surface area contributed by atoms with E-state index in [0.717, 1.165) is 15.1 Å². The number of benzene rings is 2. The molecule has 0 aliphatic carbocycles. The highest BCUT2D eigenvalue weighted by Gasteiger charge is 2.54. The highest BCUT2D eigenvalue weighted by Crippen LogP contribution is 2.48. The fraction of sp³-hybridized carbons (Fsp3) is 0.222. The van der Waals surface area contributed by atoms with Crippen molar-refractivity contribution in [3.8, 4) is 0 Å². The highest BCUT2D eigenvalue weighted by molar-refractivity contribution is 7.18. The van der Waals surface area contributed by atoms with E-state index in [2.05, 4.69) is 4.98 Å². The lowest BCUT2D eigenvalue weighted by Gasteiger charge is -2.16. The predicted molar refractivity (Wildman–Crippen MR) is 91.8 cm³/mol. The lowest BCUT2D eigenvalue weighted by molar-refractivity contribution is -0.141. The summed E-state index contributed by atoms with van der Waals surface area (Å²) in [7, 11) is 0. The molecule has 0 spiro atoms. The molecule has 1 aliphatic rings. The molecule has 4 rings (SSSR count). The third kappa shape index (κ3) is 2.42. The number of halogens is 2. The number of anilines is 1. The van der Waals surface area contributed by atoms with Gasteiger partial charge in [-0.15, -0.1) is 11.3 Å². The zero-order valence-corrected chi connectivity index (χ0v) is 14.1. The van der Waals surface area contributed by atoms with Crippen LogP contribution < -0.4 is 4.90 Å². The minimum absolute atomic E-state index is 0.0238. The van der Waals surface area contributed by atoms with Crippen LogP contribution in [0.2, 0.25) is 0 Å². The molecule has 0 saturated heterocycles. The van der Waals surface area contributed by atoms with Crippen LogP contribution in [0.3, 0.4) is 0 Å². The van der Waals surface area contributed by atoms with Crippen LogP contribution in [0.25, 0.3) is 10.2 Å². The first kappa shape index (κ1) is 16.1. The summed E-state index contributed by atoms with van der Waals surface area (Å²) in [5.74, 6) is -4.94. The van der Waals surface area contributed by atoms with Gasteiger partial charge in [0.15, 0.2) is 0 Å². The van der Waals surface area contributed by atoms with Crippen molar-refractivity contribution in [2.75, 3.05) is 4.90 Å². The fourth-order valence-corrected chi connectivity index (χ4v) is 4.09. The van der Waals surface area contributed by atoms with Crippen molar-refractivity contribution < 1.29 is 18.7 Å². The second-order valence-electron chi connectivity index (χ2n) is 5.96. The SMILES string of the molecule is C[C@H](O)c1cccc2c1C(F)(F)C(=O)N2Cc1nc2ccccc2s1. The summed E-state index contributed by atoms with van der Waals surface area (Å²) in [6.45, 7) is 1.39. The Labute approximate surface area is 146 Å².